The lowest BCUT2D eigenvalue weighted by Gasteiger charge is -2.24. The molecule has 3 rings (SSSR count). The summed E-state index contributed by atoms with van der Waals surface area (Å²) < 4.78 is 19.3. The zero-order valence-corrected chi connectivity index (χ0v) is 10.9. The molecule has 98 valence electrons. The summed E-state index contributed by atoms with van der Waals surface area (Å²) in [6, 6.07) is 4.42. The molecule has 1 N–H and O–H groups in total. The van der Waals surface area contributed by atoms with E-state index in [0.717, 1.165) is 19.5 Å². The minimum absolute atomic E-state index is 0.206. The van der Waals surface area contributed by atoms with Crippen LogP contribution in [-0.2, 0) is 0 Å². The van der Waals surface area contributed by atoms with Gasteiger partial charge in [-0.25, -0.2) is 4.39 Å². The molecule has 0 radical (unpaired) electrons. The molecule has 2 fully saturated rings. The minimum Gasteiger partial charge on any atom is -0.490 e. The molecule has 18 heavy (non-hydrogen) atoms. The lowest BCUT2D eigenvalue weighted by atomic mass is 9.97. The summed E-state index contributed by atoms with van der Waals surface area (Å²) in [5.41, 5.74) is 0. The summed E-state index contributed by atoms with van der Waals surface area (Å²) in [7, 11) is 0. The van der Waals surface area contributed by atoms with E-state index < -0.39 is 0 Å². The van der Waals surface area contributed by atoms with E-state index in [1.807, 2.05) is 0 Å². The molecule has 1 saturated carbocycles. The van der Waals surface area contributed by atoms with Crippen molar-refractivity contribution in [2.45, 2.75) is 25.4 Å². The number of rotatable bonds is 4. The highest BCUT2D eigenvalue weighted by Crippen LogP contribution is 2.40. The summed E-state index contributed by atoms with van der Waals surface area (Å²) in [6.07, 6.45) is 3.80. The summed E-state index contributed by atoms with van der Waals surface area (Å²) in [4.78, 5) is 0. The number of halogens is 2. The molecule has 0 amide bonds. The summed E-state index contributed by atoms with van der Waals surface area (Å²) in [5.74, 6) is 1.40. The van der Waals surface area contributed by atoms with E-state index in [0.29, 0.717) is 22.6 Å². The number of benzene rings is 1. The van der Waals surface area contributed by atoms with Gasteiger partial charge in [-0.3, -0.25) is 0 Å². The molecule has 1 aliphatic carbocycles. The van der Waals surface area contributed by atoms with Crippen LogP contribution in [0.25, 0.3) is 0 Å². The normalized spacial score (nSPS) is 25.1. The van der Waals surface area contributed by atoms with Gasteiger partial charge in [-0.05, 0) is 43.9 Å². The average molecular weight is 270 g/mol. The molecule has 2 nitrogen and oxygen atoms in total. The van der Waals surface area contributed by atoms with Crippen LogP contribution < -0.4 is 10.1 Å². The van der Waals surface area contributed by atoms with Gasteiger partial charge in [-0.1, -0.05) is 11.6 Å². The predicted molar refractivity (Wildman–Crippen MR) is 69.5 cm³/mol. The van der Waals surface area contributed by atoms with Gasteiger partial charge in [0.15, 0.2) is 0 Å². The van der Waals surface area contributed by atoms with E-state index in [1.54, 1.807) is 6.07 Å². The molecule has 0 bridgehead atoms. The van der Waals surface area contributed by atoms with Crippen molar-refractivity contribution in [3.05, 3.63) is 29.0 Å². The van der Waals surface area contributed by atoms with Gasteiger partial charge in [0.05, 0.1) is 0 Å². The van der Waals surface area contributed by atoms with Gasteiger partial charge >= 0.3 is 0 Å². The van der Waals surface area contributed by atoms with Crippen LogP contribution in [0, 0.1) is 17.7 Å². The molecule has 1 aliphatic heterocycles. The van der Waals surface area contributed by atoms with E-state index in [4.69, 9.17) is 16.3 Å². The molecule has 1 aromatic carbocycles. The second kappa shape index (κ2) is 5.06. The van der Waals surface area contributed by atoms with E-state index >= 15 is 0 Å². The second-order valence-corrected chi connectivity index (χ2v) is 5.71. The SMILES string of the molecule is Fc1cc(Cl)cc(OC(C2CC2)[C@H]2CCNC2)c1. The number of hydrogen-bond acceptors (Lipinski definition) is 2. The Kier molecular flexibility index (Phi) is 3.44. The summed E-state index contributed by atoms with van der Waals surface area (Å²) in [6.45, 7) is 2.06. The van der Waals surface area contributed by atoms with Crippen LogP contribution in [0.2, 0.25) is 5.02 Å². The Bertz CT molecular complexity index is 410. The maximum absolute atomic E-state index is 13.3. The second-order valence-electron chi connectivity index (χ2n) is 5.28. The Labute approximate surface area is 111 Å². The van der Waals surface area contributed by atoms with Gasteiger partial charge in [0.2, 0.25) is 0 Å². The van der Waals surface area contributed by atoms with Crippen molar-refractivity contribution in [2.75, 3.05) is 13.1 Å². The quantitative estimate of drug-likeness (QED) is 0.906. The van der Waals surface area contributed by atoms with Crippen molar-refractivity contribution in [3.63, 3.8) is 0 Å². The lowest BCUT2D eigenvalue weighted by Crippen LogP contribution is -2.30. The van der Waals surface area contributed by atoms with Crippen molar-refractivity contribution in [2.24, 2.45) is 11.8 Å². The van der Waals surface area contributed by atoms with E-state index in [9.17, 15) is 4.39 Å². The van der Waals surface area contributed by atoms with Crippen LogP contribution in [-0.4, -0.2) is 19.2 Å². The highest BCUT2D eigenvalue weighted by molar-refractivity contribution is 6.30. The third-order valence-corrected chi connectivity index (χ3v) is 3.98. The molecule has 1 unspecified atom stereocenters. The monoisotopic (exact) mass is 269 g/mol. The Morgan fingerprint density at radius 1 is 1.22 bits per heavy atom. The zero-order valence-electron chi connectivity index (χ0n) is 10.2. The van der Waals surface area contributed by atoms with Crippen LogP contribution in [0.3, 0.4) is 0 Å². The lowest BCUT2D eigenvalue weighted by molar-refractivity contribution is 0.120. The highest BCUT2D eigenvalue weighted by Gasteiger charge is 2.39. The Hall–Kier alpha value is -0.800. The number of nitrogens with one attached hydrogen (secondary N) is 1. The van der Waals surface area contributed by atoms with Crippen LogP contribution in [0.15, 0.2) is 18.2 Å². The van der Waals surface area contributed by atoms with Crippen LogP contribution in [0.5, 0.6) is 5.75 Å². The molecule has 2 aliphatic rings. The fourth-order valence-electron chi connectivity index (χ4n) is 2.71. The maximum Gasteiger partial charge on any atom is 0.128 e. The first-order valence-electron chi connectivity index (χ1n) is 6.56. The first-order chi connectivity index (χ1) is 8.72. The van der Waals surface area contributed by atoms with Crippen molar-refractivity contribution in [3.8, 4) is 5.75 Å². The predicted octanol–water partition coefficient (Wildman–Crippen LogP) is 3.25. The van der Waals surface area contributed by atoms with Gasteiger partial charge in [0.25, 0.3) is 0 Å². The first kappa shape index (κ1) is 12.2. The van der Waals surface area contributed by atoms with Gasteiger partial charge in [-0.2, -0.15) is 0 Å². The molecule has 2 atom stereocenters. The van der Waals surface area contributed by atoms with Crippen molar-refractivity contribution in [1.82, 2.24) is 5.32 Å². The van der Waals surface area contributed by atoms with E-state index in [2.05, 4.69) is 5.32 Å². The Morgan fingerprint density at radius 2 is 2.06 bits per heavy atom. The maximum atomic E-state index is 13.3. The number of ether oxygens (including phenoxy) is 1. The van der Waals surface area contributed by atoms with Crippen LogP contribution in [0.4, 0.5) is 4.39 Å². The molecule has 4 heteroatoms. The first-order valence-corrected chi connectivity index (χ1v) is 6.93. The fourth-order valence-corrected chi connectivity index (χ4v) is 2.92. The molecule has 0 spiro atoms. The van der Waals surface area contributed by atoms with Gasteiger partial charge in [0.1, 0.15) is 17.7 Å². The summed E-state index contributed by atoms with van der Waals surface area (Å²) in [5, 5.41) is 3.76. The average Bonchev–Trinajstić information content (AvgIpc) is 3.00. The van der Waals surface area contributed by atoms with Crippen molar-refractivity contribution < 1.29 is 9.13 Å². The van der Waals surface area contributed by atoms with Gasteiger partial charge in [-0.15, -0.1) is 0 Å². The largest absolute Gasteiger partial charge is 0.490 e. The Morgan fingerprint density at radius 3 is 2.67 bits per heavy atom. The summed E-state index contributed by atoms with van der Waals surface area (Å²) >= 11 is 5.86. The third-order valence-electron chi connectivity index (χ3n) is 3.76. The van der Waals surface area contributed by atoms with Crippen LogP contribution >= 0.6 is 11.6 Å². The molecular formula is C14H17ClFNO. The minimum atomic E-state index is -0.336. The standard InChI is InChI=1S/C14H17ClFNO/c15-11-5-12(16)7-13(6-11)18-14(9-1-2-9)10-3-4-17-8-10/h5-7,9-10,14,17H,1-4,8H2/t10-,14?/m0/s1. The third kappa shape index (κ3) is 2.78. The van der Waals surface area contributed by atoms with E-state index in [-0.39, 0.29) is 11.9 Å². The zero-order chi connectivity index (χ0) is 12.5. The number of hydrogen-bond donors (Lipinski definition) is 1. The molecule has 1 saturated heterocycles. The molecular weight excluding hydrogens is 253 g/mol. The molecule has 1 aromatic rings. The van der Waals surface area contributed by atoms with E-state index in [1.165, 1.54) is 25.0 Å². The van der Waals surface area contributed by atoms with Gasteiger partial charge < -0.3 is 10.1 Å². The van der Waals surface area contributed by atoms with Gasteiger partial charge in [0, 0.05) is 23.6 Å². The Balaban J connectivity index is 1.75. The highest BCUT2D eigenvalue weighted by atomic mass is 35.5. The van der Waals surface area contributed by atoms with Crippen molar-refractivity contribution in [1.29, 1.82) is 0 Å². The fraction of sp³-hybridized carbons (Fsp3) is 0.571. The topological polar surface area (TPSA) is 21.3 Å². The van der Waals surface area contributed by atoms with Crippen molar-refractivity contribution >= 4 is 11.6 Å². The molecule has 1 heterocycles. The van der Waals surface area contributed by atoms with Crippen LogP contribution in [0.1, 0.15) is 19.3 Å². The molecule has 0 aromatic heterocycles. The smallest absolute Gasteiger partial charge is 0.128 e.